The minimum Gasteiger partial charge on any atom is -0.485 e. The maximum absolute atomic E-state index is 13.7. The molecule has 0 radical (unpaired) electrons. The number of nitrogens with zero attached hydrogens (tertiary/aromatic N) is 2. The van der Waals surface area contributed by atoms with Crippen molar-refractivity contribution in [3.63, 3.8) is 0 Å². The second kappa shape index (κ2) is 7.31. The number of hydrogen-bond acceptors (Lipinski definition) is 5. The summed E-state index contributed by atoms with van der Waals surface area (Å²) in [6.45, 7) is 1.84. The van der Waals surface area contributed by atoms with Crippen molar-refractivity contribution in [1.82, 2.24) is 10.1 Å². The van der Waals surface area contributed by atoms with Crippen LogP contribution in [0.5, 0.6) is 5.75 Å². The molecule has 0 aliphatic heterocycles. The van der Waals surface area contributed by atoms with Gasteiger partial charge in [-0.3, -0.25) is 4.79 Å². The van der Waals surface area contributed by atoms with Crippen LogP contribution in [0.15, 0.2) is 47.0 Å². The molecule has 3 rings (SSSR count). The Morgan fingerprint density at radius 1 is 1.28 bits per heavy atom. The maximum atomic E-state index is 13.7. The molecule has 1 amide bonds. The van der Waals surface area contributed by atoms with E-state index >= 15 is 0 Å². The molecule has 1 N–H and O–H groups in total. The van der Waals surface area contributed by atoms with Crippen molar-refractivity contribution in [3.05, 3.63) is 70.6 Å². The van der Waals surface area contributed by atoms with E-state index in [9.17, 15) is 9.18 Å². The number of amides is 1. The van der Waals surface area contributed by atoms with E-state index in [4.69, 9.17) is 20.9 Å². The summed E-state index contributed by atoms with van der Waals surface area (Å²) >= 11 is 5.68. The van der Waals surface area contributed by atoms with Crippen molar-refractivity contribution < 1.29 is 18.4 Å². The van der Waals surface area contributed by atoms with Crippen LogP contribution in [0, 0.1) is 12.7 Å². The quantitative estimate of drug-likeness (QED) is 0.743. The largest absolute Gasteiger partial charge is 0.485 e. The average molecular weight is 362 g/mol. The number of carbonyl (C=O) groups excluding carboxylic acids is 1. The van der Waals surface area contributed by atoms with Crippen molar-refractivity contribution in [2.24, 2.45) is 0 Å². The molecule has 0 saturated heterocycles. The van der Waals surface area contributed by atoms with Gasteiger partial charge in [0, 0.05) is 17.5 Å². The van der Waals surface area contributed by atoms with Crippen LogP contribution in [0.25, 0.3) is 0 Å². The summed E-state index contributed by atoms with van der Waals surface area (Å²) in [5, 5.41) is 6.46. The highest BCUT2D eigenvalue weighted by atomic mass is 35.5. The van der Waals surface area contributed by atoms with Crippen LogP contribution < -0.4 is 10.1 Å². The number of hydrogen-bond donors (Lipinski definition) is 1. The first kappa shape index (κ1) is 16.9. The fourth-order valence-electron chi connectivity index (χ4n) is 2.04. The number of benzene rings is 2. The molecule has 8 heteroatoms. The van der Waals surface area contributed by atoms with Gasteiger partial charge < -0.3 is 14.6 Å². The average Bonchev–Trinajstić information content (AvgIpc) is 3.01. The summed E-state index contributed by atoms with van der Waals surface area (Å²) in [6.07, 6.45) is 0. The summed E-state index contributed by atoms with van der Waals surface area (Å²) in [4.78, 5) is 16.2. The molecule has 0 aliphatic rings. The van der Waals surface area contributed by atoms with Gasteiger partial charge in [-0.1, -0.05) is 16.8 Å². The summed E-state index contributed by atoms with van der Waals surface area (Å²) in [5.41, 5.74) is 0.416. The van der Waals surface area contributed by atoms with E-state index in [1.807, 2.05) is 0 Å². The Balaban J connectivity index is 1.62. The third kappa shape index (κ3) is 4.33. The molecule has 0 unspecified atom stereocenters. The maximum Gasteiger partial charge on any atom is 0.255 e. The molecule has 0 atom stereocenters. The number of ether oxygens (including phenoxy) is 1. The Bertz CT molecular complexity index is 896. The third-order valence-electron chi connectivity index (χ3n) is 3.23. The minimum atomic E-state index is -0.601. The topological polar surface area (TPSA) is 77.2 Å². The first-order valence-corrected chi connectivity index (χ1v) is 7.67. The smallest absolute Gasteiger partial charge is 0.255 e. The highest BCUT2D eigenvalue weighted by molar-refractivity contribution is 6.30. The first-order valence-electron chi connectivity index (χ1n) is 7.30. The standard InChI is InChI=1S/C17H13ClFN3O3/c1-10-20-16(22-25-10)9-24-13-5-2-11(3-6-13)17(23)21-15-7-4-12(18)8-14(15)19/h2-8H,9H2,1H3,(H,21,23). The molecule has 25 heavy (non-hydrogen) atoms. The lowest BCUT2D eigenvalue weighted by molar-refractivity contribution is 0.102. The van der Waals surface area contributed by atoms with Crippen LogP contribution in [0.4, 0.5) is 10.1 Å². The number of aromatic nitrogens is 2. The summed E-state index contributed by atoms with van der Waals surface area (Å²) in [6, 6.07) is 10.4. The van der Waals surface area contributed by atoms with Gasteiger partial charge in [-0.2, -0.15) is 4.98 Å². The summed E-state index contributed by atoms with van der Waals surface area (Å²) in [5.74, 6) is 0.382. The van der Waals surface area contributed by atoms with Gasteiger partial charge in [0.05, 0.1) is 5.69 Å². The predicted molar refractivity (Wildman–Crippen MR) is 89.2 cm³/mol. The summed E-state index contributed by atoms with van der Waals surface area (Å²) < 4.78 is 24.1. The van der Waals surface area contributed by atoms with Gasteiger partial charge in [-0.15, -0.1) is 0 Å². The lowest BCUT2D eigenvalue weighted by atomic mass is 10.2. The van der Waals surface area contributed by atoms with E-state index in [0.717, 1.165) is 6.07 Å². The Kier molecular flexibility index (Phi) is 4.95. The van der Waals surface area contributed by atoms with Crippen molar-refractivity contribution in [3.8, 4) is 5.75 Å². The van der Waals surface area contributed by atoms with Gasteiger partial charge >= 0.3 is 0 Å². The van der Waals surface area contributed by atoms with Gasteiger partial charge in [0.2, 0.25) is 11.7 Å². The van der Waals surface area contributed by atoms with Crippen LogP contribution in [-0.4, -0.2) is 16.0 Å². The molecule has 0 bridgehead atoms. The van der Waals surface area contributed by atoms with E-state index in [0.29, 0.717) is 23.0 Å². The van der Waals surface area contributed by atoms with E-state index in [2.05, 4.69) is 15.5 Å². The zero-order valence-electron chi connectivity index (χ0n) is 13.1. The van der Waals surface area contributed by atoms with Crippen LogP contribution in [-0.2, 0) is 6.61 Å². The van der Waals surface area contributed by atoms with Gasteiger partial charge in [0.15, 0.2) is 6.61 Å². The molecule has 0 aliphatic carbocycles. The fraction of sp³-hybridized carbons (Fsp3) is 0.118. The molecular weight excluding hydrogens is 349 g/mol. The lowest BCUT2D eigenvalue weighted by Crippen LogP contribution is -2.12. The number of anilines is 1. The highest BCUT2D eigenvalue weighted by Crippen LogP contribution is 2.20. The van der Waals surface area contributed by atoms with Crippen LogP contribution >= 0.6 is 11.6 Å². The minimum absolute atomic E-state index is 0.0576. The number of nitrogens with one attached hydrogen (secondary N) is 1. The monoisotopic (exact) mass is 361 g/mol. The molecule has 6 nitrogen and oxygen atoms in total. The zero-order valence-corrected chi connectivity index (χ0v) is 13.9. The Hall–Kier alpha value is -2.93. The van der Waals surface area contributed by atoms with Gasteiger partial charge in [-0.05, 0) is 42.5 Å². The van der Waals surface area contributed by atoms with Crippen LogP contribution in [0.1, 0.15) is 22.1 Å². The highest BCUT2D eigenvalue weighted by Gasteiger charge is 2.10. The van der Waals surface area contributed by atoms with Gasteiger partial charge in [0.1, 0.15) is 11.6 Å². The van der Waals surface area contributed by atoms with Crippen molar-refractivity contribution in [2.75, 3.05) is 5.32 Å². The Morgan fingerprint density at radius 3 is 2.68 bits per heavy atom. The Morgan fingerprint density at radius 2 is 2.04 bits per heavy atom. The molecule has 1 heterocycles. The molecule has 0 spiro atoms. The number of aryl methyl sites for hydroxylation is 1. The van der Waals surface area contributed by atoms with Crippen molar-refractivity contribution in [2.45, 2.75) is 13.5 Å². The van der Waals surface area contributed by atoms with Crippen LogP contribution in [0.3, 0.4) is 0 Å². The van der Waals surface area contributed by atoms with Crippen molar-refractivity contribution >= 4 is 23.2 Å². The lowest BCUT2D eigenvalue weighted by Gasteiger charge is -2.08. The van der Waals surface area contributed by atoms with E-state index in [1.54, 1.807) is 31.2 Å². The van der Waals surface area contributed by atoms with Crippen LogP contribution in [0.2, 0.25) is 5.02 Å². The molecule has 0 saturated carbocycles. The zero-order chi connectivity index (χ0) is 17.8. The fourth-order valence-corrected chi connectivity index (χ4v) is 2.19. The van der Waals surface area contributed by atoms with E-state index in [1.165, 1.54) is 12.1 Å². The molecule has 3 aromatic rings. The molecule has 1 aromatic heterocycles. The predicted octanol–water partition coefficient (Wildman–Crippen LogP) is 4.00. The third-order valence-corrected chi connectivity index (χ3v) is 3.47. The number of rotatable bonds is 5. The second-order valence-electron chi connectivity index (χ2n) is 5.12. The first-order chi connectivity index (χ1) is 12.0. The molecule has 0 fully saturated rings. The SMILES string of the molecule is Cc1nc(COc2ccc(C(=O)Nc3ccc(Cl)cc3F)cc2)no1. The normalized spacial score (nSPS) is 10.5. The molecule has 128 valence electrons. The van der Waals surface area contributed by atoms with Gasteiger partial charge in [0.25, 0.3) is 5.91 Å². The van der Waals surface area contributed by atoms with E-state index in [-0.39, 0.29) is 17.3 Å². The molecule has 2 aromatic carbocycles. The number of halogens is 2. The second-order valence-corrected chi connectivity index (χ2v) is 5.56. The molecular formula is C17H13ClFN3O3. The van der Waals surface area contributed by atoms with Gasteiger partial charge in [-0.25, -0.2) is 4.39 Å². The van der Waals surface area contributed by atoms with Crippen molar-refractivity contribution in [1.29, 1.82) is 0 Å². The number of carbonyl (C=O) groups is 1. The summed E-state index contributed by atoms with van der Waals surface area (Å²) in [7, 11) is 0. The van der Waals surface area contributed by atoms with E-state index < -0.39 is 11.7 Å². The Labute approximate surface area is 147 Å².